The molecule has 1 atom stereocenters. The molecule has 1 aliphatic carbocycles. The minimum atomic E-state index is 0.409. The van der Waals surface area contributed by atoms with Gasteiger partial charge in [-0.05, 0) is 37.8 Å². The minimum absolute atomic E-state index is 0.409. The molecule has 0 aromatic carbocycles. The van der Waals surface area contributed by atoms with Crippen LogP contribution < -0.4 is 10.2 Å². The lowest BCUT2D eigenvalue weighted by Gasteiger charge is -2.33. The fourth-order valence-electron chi connectivity index (χ4n) is 2.88. The monoisotopic (exact) mass is 300 g/mol. The molecule has 1 saturated heterocycles. The Morgan fingerprint density at radius 3 is 3.00 bits per heavy atom. The van der Waals surface area contributed by atoms with E-state index in [9.17, 15) is 0 Å². The number of nitrogens with zero attached hydrogens (tertiary/aromatic N) is 5. The van der Waals surface area contributed by atoms with Crippen molar-refractivity contribution in [2.24, 2.45) is 0 Å². The molecule has 1 saturated carbocycles. The number of anilines is 1. The lowest BCUT2D eigenvalue weighted by atomic mass is 10.1. The lowest BCUT2D eigenvalue weighted by molar-refractivity contribution is 0.378. The van der Waals surface area contributed by atoms with Crippen molar-refractivity contribution in [2.45, 2.75) is 44.2 Å². The van der Waals surface area contributed by atoms with Gasteiger partial charge in [-0.1, -0.05) is 0 Å². The summed E-state index contributed by atoms with van der Waals surface area (Å²) >= 11 is 0. The van der Waals surface area contributed by atoms with E-state index in [4.69, 9.17) is 4.42 Å². The summed E-state index contributed by atoms with van der Waals surface area (Å²) in [7, 11) is 0. The van der Waals surface area contributed by atoms with Gasteiger partial charge in [-0.2, -0.15) is 5.10 Å². The Balaban J connectivity index is 1.32. The molecule has 0 unspecified atom stereocenters. The van der Waals surface area contributed by atoms with Crippen LogP contribution in [0.2, 0.25) is 0 Å². The zero-order chi connectivity index (χ0) is 14.8. The Labute approximate surface area is 129 Å². The Kier molecular flexibility index (Phi) is 3.72. The zero-order valence-electron chi connectivity index (χ0n) is 12.5. The molecule has 0 bridgehead atoms. The number of piperidine rings is 1. The molecule has 2 fully saturated rings. The van der Waals surface area contributed by atoms with Crippen LogP contribution in [0.4, 0.5) is 5.82 Å². The van der Waals surface area contributed by atoms with Crippen molar-refractivity contribution in [2.75, 3.05) is 18.0 Å². The lowest BCUT2D eigenvalue weighted by Crippen LogP contribution is -2.45. The minimum Gasteiger partial charge on any atom is -0.424 e. The number of nitrogens with one attached hydrogen (secondary N) is 1. The Hall–Kier alpha value is -2.02. The van der Waals surface area contributed by atoms with E-state index in [0.717, 1.165) is 37.6 Å². The largest absolute Gasteiger partial charge is 0.424 e. The zero-order valence-corrected chi connectivity index (χ0v) is 12.5. The summed E-state index contributed by atoms with van der Waals surface area (Å²) in [5, 5.41) is 19.9. The second kappa shape index (κ2) is 6.00. The number of hydrogen-bond acceptors (Lipinski definition) is 7. The molecular weight excluding hydrogens is 280 g/mol. The highest BCUT2D eigenvalue weighted by molar-refractivity contribution is 5.37. The SMILES string of the molecule is c1cnnc(N2CCC[C@@H](NCc3nnc(C4CC4)o3)C2)c1. The molecule has 3 heterocycles. The van der Waals surface area contributed by atoms with Gasteiger partial charge in [-0.15, -0.1) is 15.3 Å². The van der Waals surface area contributed by atoms with E-state index in [2.05, 4.69) is 30.6 Å². The van der Waals surface area contributed by atoms with Crippen LogP contribution in [0.3, 0.4) is 0 Å². The molecule has 0 radical (unpaired) electrons. The average Bonchev–Trinajstić information content (AvgIpc) is 3.33. The van der Waals surface area contributed by atoms with Gasteiger partial charge in [0.2, 0.25) is 11.8 Å². The van der Waals surface area contributed by atoms with Gasteiger partial charge in [0.05, 0.1) is 6.54 Å². The molecule has 1 aliphatic heterocycles. The first kappa shape index (κ1) is 13.6. The van der Waals surface area contributed by atoms with E-state index in [0.29, 0.717) is 24.4 Å². The quantitative estimate of drug-likeness (QED) is 0.896. The average molecular weight is 300 g/mol. The summed E-state index contributed by atoms with van der Waals surface area (Å²) in [6, 6.07) is 4.35. The predicted molar refractivity (Wildman–Crippen MR) is 80.4 cm³/mol. The van der Waals surface area contributed by atoms with Gasteiger partial charge in [0.1, 0.15) is 0 Å². The predicted octanol–water partition coefficient (Wildman–Crippen LogP) is 1.50. The van der Waals surface area contributed by atoms with E-state index < -0.39 is 0 Å². The molecule has 2 aliphatic rings. The second-order valence-corrected chi connectivity index (χ2v) is 6.06. The third kappa shape index (κ3) is 3.09. The molecule has 2 aromatic rings. The van der Waals surface area contributed by atoms with Gasteiger partial charge in [0.25, 0.3) is 0 Å². The van der Waals surface area contributed by atoms with Crippen molar-refractivity contribution in [3.8, 4) is 0 Å². The van der Waals surface area contributed by atoms with Gasteiger partial charge >= 0.3 is 0 Å². The van der Waals surface area contributed by atoms with Crippen LogP contribution in [0.25, 0.3) is 0 Å². The van der Waals surface area contributed by atoms with Crippen LogP contribution in [-0.4, -0.2) is 39.5 Å². The molecule has 7 heteroatoms. The van der Waals surface area contributed by atoms with Crippen LogP contribution in [0, 0.1) is 0 Å². The van der Waals surface area contributed by atoms with Gasteiger partial charge in [0, 0.05) is 31.2 Å². The van der Waals surface area contributed by atoms with Gasteiger partial charge in [-0.3, -0.25) is 0 Å². The summed E-state index contributed by atoms with van der Waals surface area (Å²) in [6.45, 7) is 2.60. The van der Waals surface area contributed by atoms with Gasteiger partial charge in [-0.25, -0.2) is 0 Å². The fourth-order valence-corrected chi connectivity index (χ4v) is 2.88. The normalized spacial score (nSPS) is 22.0. The Morgan fingerprint density at radius 2 is 2.18 bits per heavy atom. The van der Waals surface area contributed by atoms with E-state index in [1.807, 2.05) is 12.1 Å². The summed E-state index contributed by atoms with van der Waals surface area (Å²) in [5.41, 5.74) is 0. The Morgan fingerprint density at radius 1 is 1.23 bits per heavy atom. The summed E-state index contributed by atoms with van der Waals surface area (Å²) in [5.74, 6) is 2.96. The highest BCUT2D eigenvalue weighted by Gasteiger charge is 2.29. The van der Waals surface area contributed by atoms with Crippen molar-refractivity contribution in [3.05, 3.63) is 30.1 Å². The van der Waals surface area contributed by atoms with Crippen LogP contribution in [-0.2, 0) is 6.54 Å². The maximum atomic E-state index is 5.69. The molecule has 22 heavy (non-hydrogen) atoms. The van der Waals surface area contributed by atoms with Crippen molar-refractivity contribution in [1.29, 1.82) is 0 Å². The first-order valence-electron chi connectivity index (χ1n) is 7.97. The van der Waals surface area contributed by atoms with Crippen molar-refractivity contribution >= 4 is 5.82 Å². The van der Waals surface area contributed by atoms with Crippen LogP contribution in [0.15, 0.2) is 22.7 Å². The van der Waals surface area contributed by atoms with Crippen molar-refractivity contribution in [3.63, 3.8) is 0 Å². The maximum absolute atomic E-state index is 5.69. The Bertz CT molecular complexity index is 612. The molecule has 0 spiro atoms. The molecule has 1 N–H and O–H groups in total. The molecule has 2 aromatic heterocycles. The topological polar surface area (TPSA) is 80.0 Å². The molecule has 4 rings (SSSR count). The van der Waals surface area contributed by atoms with E-state index in [-0.39, 0.29) is 0 Å². The van der Waals surface area contributed by atoms with Gasteiger partial charge < -0.3 is 14.6 Å². The first-order valence-corrected chi connectivity index (χ1v) is 7.97. The highest BCUT2D eigenvalue weighted by atomic mass is 16.4. The van der Waals surface area contributed by atoms with Crippen molar-refractivity contribution in [1.82, 2.24) is 25.7 Å². The summed E-state index contributed by atoms with van der Waals surface area (Å²) in [4.78, 5) is 2.28. The number of hydrogen-bond donors (Lipinski definition) is 1. The molecular formula is C15H20N6O. The first-order chi connectivity index (χ1) is 10.9. The number of rotatable bonds is 5. The van der Waals surface area contributed by atoms with E-state index >= 15 is 0 Å². The summed E-state index contributed by atoms with van der Waals surface area (Å²) in [6.07, 6.45) is 6.37. The van der Waals surface area contributed by atoms with Crippen LogP contribution >= 0.6 is 0 Å². The molecule has 0 amide bonds. The van der Waals surface area contributed by atoms with Crippen LogP contribution in [0.5, 0.6) is 0 Å². The molecule has 7 nitrogen and oxygen atoms in total. The third-order valence-corrected chi connectivity index (χ3v) is 4.25. The van der Waals surface area contributed by atoms with Gasteiger partial charge in [0.15, 0.2) is 5.82 Å². The number of aromatic nitrogens is 4. The fraction of sp³-hybridized carbons (Fsp3) is 0.600. The molecule has 116 valence electrons. The standard InChI is InChI=1S/C15H20N6O/c1-4-13(18-17-7-1)21-8-2-3-12(10-21)16-9-14-19-20-15(22-14)11-5-6-11/h1,4,7,11-12,16H,2-3,5-6,8-10H2/t12-/m1/s1. The van der Waals surface area contributed by atoms with E-state index in [1.165, 1.54) is 12.8 Å². The third-order valence-electron chi connectivity index (χ3n) is 4.25. The van der Waals surface area contributed by atoms with Crippen molar-refractivity contribution < 1.29 is 4.42 Å². The summed E-state index contributed by atoms with van der Waals surface area (Å²) < 4.78 is 5.69. The smallest absolute Gasteiger partial charge is 0.230 e. The highest BCUT2D eigenvalue weighted by Crippen LogP contribution is 2.38. The van der Waals surface area contributed by atoms with E-state index in [1.54, 1.807) is 6.20 Å². The van der Waals surface area contributed by atoms with Crippen LogP contribution in [0.1, 0.15) is 43.4 Å². The second-order valence-electron chi connectivity index (χ2n) is 6.06. The maximum Gasteiger partial charge on any atom is 0.230 e.